The number of nitrogens with zero attached hydrogens (tertiary/aromatic N) is 6. The number of anilines is 1. The third kappa shape index (κ3) is 4.26. The molecule has 1 N–H and O–H groups in total. The average Bonchev–Trinajstić information content (AvgIpc) is 3.45. The maximum atomic E-state index is 15.0. The van der Waals surface area contributed by atoms with Crippen molar-refractivity contribution in [1.82, 2.24) is 29.6 Å². The molecule has 3 aromatic heterocycles. The molecule has 10 nitrogen and oxygen atoms in total. The van der Waals surface area contributed by atoms with Crippen molar-refractivity contribution in [3.05, 3.63) is 77.6 Å². The molecular weight excluding hydrogens is 504 g/mol. The van der Waals surface area contributed by atoms with E-state index >= 15 is 0 Å². The average molecular weight is 518 g/mol. The second kappa shape index (κ2) is 8.60. The maximum absolute atomic E-state index is 15.0. The van der Waals surface area contributed by atoms with Crippen LogP contribution in [0.1, 0.15) is 0 Å². The number of hydrogen-bond acceptors (Lipinski definition) is 7. The van der Waals surface area contributed by atoms with Crippen LogP contribution < -0.4 is 9.46 Å². The SMILES string of the molecule is Cn1nnnc1NS(=O)(=O)c1cc(F)c(Oc2ccc(Cl)cc2-c2cccc3nccn23)cc1F. The second-order valence-electron chi connectivity index (χ2n) is 7.25. The van der Waals surface area contributed by atoms with E-state index in [2.05, 4.69) is 20.5 Å². The van der Waals surface area contributed by atoms with Crippen LogP contribution in [-0.2, 0) is 17.1 Å². The maximum Gasteiger partial charge on any atom is 0.267 e. The number of imidazole rings is 1. The Bertz CT molecular complexity index is 1690. The summed E-state index contributed by atoms with van der Waals surface area (Å²) in [5.41, 5.74) is 1.78. The first kappa shape index (κ1) is 22.7. The molecule has 0 aliphatic rings. The van der Waals surface area contributed by atoms with E-state index in [0.717, 1.165) is 4.68 Å². The van der Waals surface area contributed by atoms with Crippen molar-refractivity contribution in [2.45, 2.75) is 4.90 Å². The molecule has 14 heteroatoms. The van der Waals surface area contributed by atoms with E-state index in [1.165, 1.54) is 19.2 Å². The van der Waals surface area contributed by atoms with Crippen molar-refractivity contribution in [3.8, 4) is 22.8 Å². The van der Waals surface area contributed by atoms with E-state index < -0.39 is 32.3 Å². The number of ether oxygens (including phenoxy) is 1. The summed E-state index contributed by atoms with van der Waals surface area (Å²) >= 11 is 6.19. The molecule has 0 fully saturated rings. The topological polar surface area (TPSA) is 116 Å². The van der Waals surface area contributed by atoms with E-state index in [0.29, 0.717) is 34.1 Å². The van der Waals surface area contributed by atoms with E-state index in [1.54, 1.807) is 41.1 Å². The van der Waals surface area contributed by atoms with Crippen molar-refractivity contribution in [3.63, 3.8) is 0 Å². The molecule has 0 aliphatic carbocycles. The van der Waals surface area contributed by atoms with E-state index in [-0.39, 0.29) is 11.7 Å². The van der Waals surface area contributed by atoms with Crippen LogP contribution in [-0.4, -0.2) is 38.0 Å². The number of rotatable bonds is 6. The number of halogens is 3. The van der Waals surface area contributed by atoms with Gasteiger partial charge in [-0.2, -0.15) is 0 Å². The number of fused-ring (bicyclic) bond motifs is 1. The zero-order chi connectivity index (χ0) is 24.7. The van der Waals surface area contributed by atoms with Gasteiger partial charge in [0.15, 0.2) is 11.6 Å². The van der Waals surface area contributed by atoms with Crippen molar-refractivity contribution in [2.75, 3.05) is 4.72 Å². The Morgan fingerprint density at radius 2 is 1.89 bits per heavy atom. The lowest BCUT2D eigenvalue weighted by Gasteiger charge is -2.15. The van der Waals surface area contributed by atoms with Gasteiger partial charge in [-0.1, -0.05) is 22.8 Å². The summed E-state index contributed by atoms with van der Waals surface area (Å²) in [6, 6.07) is 11.2. The van der Waals surface area contributed by atoms with Crippen LogP contribution in [0.3, 0.4) is 0 Å². The van der Waals surface area contributed by atoms with Gasteiger partial charge in [-0.3, -0.25) is 4.40 Å². The largest absolute Gasteiger partial charge is 0.453 e. The first-order valence-electron chi connectivity index (χ1n) is 9.87. The smallest absolute Gasteiger partial charge is 0.267 e. The van der Waals surface area contributed by atoms with Crippen LogP contribution in [0, 0.1) is 11.6 Å². The van der Waals surface area contributed by atoms with E-state index in [4.69, 9.17) is 16.3 Å². The number of nitrogens with one attached hydrogen (secondary N) is 1. The van der Waals surface area contributed by atoms with Gasteiger partial charge in [-0.25, -0.2) is 31.6 Å². The number of tetrazole rings is 1. The molecule has 2 aromatic carbocycles. The second-order valence-corrected chi connectivity index (χ2v) is 9.34. The molecule has 0 atom stereocenters. The van der Waals surface area contributed by atoms with Crippen LogP contribution in [0.4, 0.5) is 14.7 Å². The lowest BCUT2D eigenvalue weighted by molar-refractivity contribution is 0.433. The first-order valence-corrected chi connectivity index (χ1v) is 11.7. The van der Waals surface area contributed by atoms with Gasteiger partial charge in [0, 0.05) is 42.2 Å². The van der Waals surface area contributed by atoms with Crippen molar-refractivity contribution >= 4 is 33.2 Å². The zero-order valence-electron chi connectivity index (χ0n) is 17.7. The summed E-state index contributed by atoms with van der Waals surface area (Å²) in [7, 11) is -3.16. The Morgan fingerprint density at radius 1 is 1.06 bits per heavy atom. The standard InChI is InChI=1S/C21H14ClF2N7O3S/c1-30-21(26-28-29-30)27-35(32,33)19-11-14(23)18(10-15(19)24)34-17-6-5-12(22)9-13(17)16-3-2-4-20-25-7-8-31(16)20/h2-11H,1H3,(H,26,27,29). The summed E-state index contributed by atoms with van der Waals surface area (Å²) in [4.78, 5) is 3.29. The van der Waals surface area contributed by atoms with Crippen LogP contribution in [0.5, 0.6) is 11.5 Å². The van der Waals surface area contributed by atoms with Crippen LogP contribution in [0.2, 0.25) is 5.02 Å². The molecule has 0 radical (unpaired) electrons. The van der Waals surface area contributed by atoms with Crippen LogP contribution >= 0.6 is 11.6 Å². The van der Waals surface area contributed by atoms with E-state index in [9.17, 15) is 17.2 Å². The molecule has 0 unspecified atom stereocenters. The predicted octanol–water partition coefficient (Wildman–Crippen LogP) is 4.05. The minimum Gasteiger partial charge on any atom is -0.453 e. The normalized spacial score (nSPS) is 11.7. The van der Waals surface area contributed by atoms with Crippen molar-refractivity contribution in [2.24, 2.45) is 7.05 Å². The Labute approximate surface area is 201 Å². The molecule has 0 saturated heterocycles. The number of aryl methyl sites for hydroxylation is 1. The van der Waals surface area contributed by atoms with Gasteiger partial charge >= 0.3 is 0 Å². The van der Waals surface area contributed by atoms with Crippen LogP contribution in [0.15, 0.2) is 65.8 Å². The van der Waals surface area contributed by atoms with Gasteiger partial charge in [0.05, 0.1) is 5.69 Å². The third-order valence-corrected chi connectivity index (χ3v) is 6.57. The highest BCUT2D eigenvalue weighted by Crippen LogP contribution is 2.37. The molecule has 0 saturated carbocycles. The number of pyridine rings is 1. The van der Waals surface area contributed by atoms with Gasteiger partial charge in [0.2, 0.25) is 0 Å². The highest BCUT2D eigenvalue weighted by Gasteiger charge is 2.25. The molecule has 0 spiro atoms. The van der Waals surface area contributed by atoms with Gasteiger partial charge < -0.3 is 4.74 Å². The van der Waals surface area contributed by atoms with Gasteiger partial charge in [0.1, 0.15) is 22.1 Å². The summed E-state index contributed by atoms with van der Waals surface area (Å²) in [5.74, 6) is -2.98. The molecule has 5 aromatic rings. The summed E-state index contributed by atoms with van der Waals surface area (Å²) < 4.78 is 65.4. The number of hydrogen-bond donors (Lipinski definition) is 1. The summed E-state index contributed by atoms with van der Waals surface area (Å²) in [5, 5.41) is 10.6. The lowest BCUT2D eigenvalue weighted by atomic mass is 10.1. The first-order chi connectivity index (χ1) is 16.7. The Hall–Kier alpha value is -4.10. The Morgan fingerprint density at radius 3 is 2.66 bits per heavy atom. The summed E-state index contributed by atoms with van der Waals surface area (Å²) in [6.07, 6.45) is 3.35. The molecule has 5 rings (SSSR count). The van der Waals surface area contributed by atoms with Gasteiger partial charge in [-0.15, -0.1) is 0 Å². The Kier molecular flexibility index (Phi) is 5.57. The lowest BCUT2D eigenvalue weighted by Crippen LogP contribution is -2.18. The number of sulfonamides is 1. The Balaban J connectivity index is 1.53. The molecule has 178 valence electrons. The highest BCUT2D eigenvalue weighted by atomic mass is 35.5. The quantitative estimate of drug-likeness (QED) is 0.361. The fourth-order valence-corrected chi connectivity index (χ4v) is 4.63. The molecule has 0 amide bonds. The predicted molar refractivity (Wildman–Crippen MR) is 122 cm³/mol. The fraction of sp³-hybridized carbons (Fsp3) is 0.0476. The minimum atomic E-state index is -4.53. The fourth-order valence-electron chi connectivity index (χ4n) is 3.36. The van der Waals surface area contributed by atoms with Gasteiger partial charge in [-0.05, 0) is 40.8 Å². The highest BCUT2D eigenvalue weighted by molar-refractivity contribution is 7.92. The number of aromatic nitrogens is 6. The third-order valence-electron chi connectivity index (χ3n) is 4.99. The van der Waals surface area contributed by atoms with Crippen LogP contribution in [0.25, 0.3) is 16.9 Å². The molecular formula is C21H14ClF2N7O3S. The molecule has 35 heavy (non-hydrogen) atoms. The van der Waals surface area contributed by atoms with Gasteiger partial charge in [0.25, 0.3) is 16.0 Å². The minimum absolute atomic E-state index is 0.160. The number of benzene rings is 2. The summed E-state index contributed by atoms with van der Waals surface area (Å²) in [6.45, 7) is 0. The zero-order valence-corrected chi connectivity index (χ0v) is 19.3. The van der Waals surface area contributed by atoms with Crippen molar-refractivity contribution in [1.29, 1.82) is 0 Å². The monoisotopic (exact) mass is 517 g/mol. The molecule has 3 heterocycles. The molecule has 0 aliphatic heterocycles. The molecule has 0 bridgehead atoms. The van der Waals surface area contributed by atoms with Crippen molar-refractivity contribution < 1.29 is 21.9 Å². The van der Waals surface area contributed by atoms with E-state index in [1.807, 2.05) is 4.72 Å².